The van der Waals surface area contributed by atoms with Gasteiger partial charge in [0, 0.05) is 12.4 Å². The molecule has 0 aromatic carbocycles. The fourth-order valence-electron chi connectivity index (χ4n) is 1.27. The molecule has 20 heavy (non-hydrogen) atoms. The van der Waals surface area contributed by atoms with E-state index in [-0.39, 0.29) is 17.8 Å². The molecular formula is C9H12F2N8O. The molecule has 9 nitrogen and oxygen atoms in total. The number of halogens is 2. The molecule has 0 aliphatic heterocycles. The molecule has 2 heterocycles. The molecule has 0 amide bonds. The van der Waals surface area contributed by atoms with Crippen LogP contribution < -0.4 is 16.6 Å². The van der Waals surface area contributed by atoms with Gasteiger partial charge in [0.05, 0.1) is 6.54 Å². The molecule has 0 radical (unpaired) electrons. The number of alkyl halides is 2. The van der Waals surface area contributed by atoms with Gasteiger partial charge in [-0.3, -0.25) is 9.99 Å². The normalized spacial score (nSPS) is 11.4. The molecule has 0 aliphatic rings. The standard InChI is InChI=1S/C9H12F2N8O/c10-9(11,4-20)3-14-6-15-7(18-12)17-8(16-6)19-2-1-13-5-19/h1-2,5,20H,3-4,12H2,(H2,14,15,16,17,18). The minimum atomic E-state index is -3.28. The van der Waals surface area contributed by atoms with Gasteiger partial charge in [-0.05, 0) is 0 Å². The lowest BCUT2D eigenvalue weighted by molar-refractivity contribution is -0.0374. The molecule has 0 saturated carbocycles. The summed E-state index contributed by atoms with van der Waals surface area (Å²) < 4.78 is 27.4. The molecule has 0 atom stereocenters. The first-order valence-corrected chi connectivity index (χ1v) is 5.47. The van der Waals surface area contributed by atoms with Crippen LogP contribution in [0.15, 0.2) is 18.7 Å². The molecule has 11 heteroatoms. The summed E-state index contributed by atoms with van der Waals surface area (Å²) in [6.07, 6.45) is 4.51. The Balaban J connectivity index is 2.23. The number of hydrazine groups is 1. The van der Waals surface area contributed by atoms with Crippen LogP contribution in [0.25, 0.3) is 5.95 Å². The van der Waals surface area contributed by atoms with Gasteiger partial charge >= 0.3 is 0 Å². The van der Waals surface area contributed by atoms with Crippen molar-refractivity contribution in [2.24, 2.45) is 5.84 Å². The van der Waals surface area contributed by atoms with Crippen molar-refractivity contribution in [1.82, 2.24) is 24.5 Å². The molecule has 0 unspecified atom stereocenters. The van der Waals surface area contributed by atoms with Crippen molar-refractivity contribution in [3.05, 3.63) is 18.7 Å². The Bertz CT molecular complexity index is 561. The van der Waals surface area contributed by atoms with Crippen LogP contribution in [0.1, 0.15) is 0 Å². The Kier molecular flexibility index (Phi) is 4.00. The quantitative estimate of drug-likeness (QED) is 0.409. The zero-order valence-electron chi connectivity index (χ0n) is 10.2. The molecule has 0 spiro atoms. The summed E-state index contributed by atoms with van der Waals surface area (Å²) in [5.41, 5.74) is 2.21. The smallest absolute Gasteiger partial charge is 0.287 e. The molecule has 2 rings (SSSR count). The summed E-state index contributed by atoms with van der Waals surface area (Å²) in [4.78, 5) is 15.5. The number of hydrogen-bond acceptors (Lipinski definition) is 8. The Morgan fingerprint density at radius 1 is 1.30 bits per heavy atom. The van der Waals surface area contributed by atoms with Crippen LogP contribution in [0.4, 0.5) is 20.7 Å². The maximum atomic E-state index is 13.0. The van der Waals surface area contributed by atoms with Crippen molar-refractivity contribution in [1.29, 1.82) is 0 Å². The molecule has 5 N–H and O–H groups in total. The number of aromatic nitrogens is 5. The summed E-state index contributed by atoms with van der Waals surface area (Å²) in [6, 6.07) is 0. The van der Waals surface area contributed by atoms with E-state index in [1.807, 2.05) is 0 Å². The van der Waals surface area contributed by atoms with Gasteiger partial charge in [0.15, 0.2) is 0 Å². The van der Waals surface area contributed by atoms with Crippen LogP contribution in [0.2, 0.25) is 0 Å². The summed E-state index contributed by atoms with van der Waals surface area (Å²) in [7, 11) is 0. The Labute approximate surface area is 111 Å². The Morgan fingerprint density at radius 3 is 2.65 bits per heavy atom. The lowest BCUT2D eigenvalue weighted by atomic mass is 10.3. The Morgan fingerprint density at radius 2 is 2.05 bits per heavy atom. The van der Waals surface area contributed by atoms with Gasteiger partial charge in [-0.25, -0.2) is 19.6 Å². The summed E-state index contributed by atoms with van der Waals surface area (Å²) in [6.45, 7) is -2.09. The second-order valence-corrected chi connectivity index (χ2v) is 3.76. The van der Waals surface area contributed by atoms with Gasteiger partial charge in [-0.1, -0.05) is 0 Å². The summed E-state index contributed by atoms with van der Waals surface area (Å²) >= 11 is 0. The fourth-order valence-corrected chi connectivity index (χ4v) is 1.27. The van der Waals surface area contributed by atoms with Crippen LogP contribution >= 0.6 is 0 Å². The van der Waals surface area contributed by atoms with E-state index in [9.17, 15) is 8.78 Å². The maximum absolute atomic E-state index is 13.0. The van der Waals surface area contributed by atoms with Gasteiger partial charge in [0.25, 0.3) is 5.92 Å². The third-order valence-electron chi connectivity index (χ3n) is 2.22. The van der Waals surface area contributed by atoms with Crippen molar-refractivity contribution in [3.8, 4) is 5.95 Å². The largest absolute Gasteiger partial charge is 0.390 e. The van der Waals surface area contributed by atoms with Crippen LogP contribution in [0.3, 0.4) is 0 Å². The second kappa shape index (κ2) is 5.71. The van der Waals surface area contributed by atoms with Crippen molar-refractivity contribution in [2.75, 3.05) is 23.9 Å². The highest BCUT2D eigenvalue weighted by Crippen LogP contribution is 2.14. The number of hydrogen-bond donors (Lipinski definition) is 4. The van der Waals surface area contributed by atoms with E-state index in [0.29, 0.717) is 0 Å². The maximum Gasteiger partial charge on any atom is 0.287 e. The monoisotopic (exact) mass is 286 g/mol. The molecule has 108 valence electrons. The highest BCUT2D eigenvalue weighted by Gasteiger charge is 2.27. The fraction of sp³-hybridized carbons (Fsp3) is 0.333. The van der Waals surface area contributed by atoms with Crippen LogP contribution in [-0.2, 0) is 0 Å². The van der Waals surface area contributed by atoms with Crippen molar-refractivity contribution in [2.45, 2.75) is 5.92 Å². The number of rotatable bonds is 6. The highest BCUT2D eigenvalue weighted by molar-refractivity contribution is 5.37. The molecule has 0 saturated heterocycles. The second-order valence-electron chi connectivity index (χ2n) is 3.76. The molecule has 0 fully saturated rings. The zero-order valence-corrected chi connectivity index (χ0v) is 10.2. The number of anilines is 2. The molecule has 2 aromatic rings. The van der Waals surface area contributed by atoms with E-state index in [2.05, 4.69) is 30.7 Å². The van der Waals surface area contributed by atoms with Crippen molar-refractivity contribution >= 4 is 11.9 Å². The minimum Gasteiger partial charge on any atom is -0.390 e. The molecular weight excluding hydrogens is 274 g/mol. The van der Waals surface area contributed by atoms with Crippen molar-refractivity contribution < 1.29 is 13.9 Å². The van der Waals surface area contributed by atoms with E-state index in [1.54, 1.807) is 6.20 Å². The van der Waals surface area contributed by atoms with Gasteiger partial charge in [-0.15, -0.1) is 0 Å². The van der Waals surface area contributed by atoms with Crippen LogP contribution in [0, 0.1) is 0 Å². The first-order chi connectivity index (χ1) is 9.54. The van der Waals surface area contributed by atoms with E-state index in [0.717, 1.165) is 0 Å². The molecule has 0 bridgehead atoms. The number of aliphatic hydroxyl groups excluding tert-OH is 1. The lowest BCUT2D eigenvalue weighted by Crippen LogP contribution is -2.31. The number of nitrogens with one attached hydrogen (secondary N) is 2. The number of nitrogens with zero attached hydrogens (tertiary/aromatic N) is 5. The number of nitrogen functional groups attached to an aromatic ring is 1. The Hall–Kier alpha value is -2.40. The SMILES string of the molecule is NNc1nc(NCC(F)(F)CO)nc(-n2ccnc2)n1. The topological polar surface area (TPSA) is 127 Å². The third-order valence-corrected chi connectivity index (χ3v) is 2.22. The molecule has 2 aromatic heterocycles. The molecule has 0 aliphatic carbocycles. The van der Waals surface area contributed by atoms with E-state index in [1.165, 1.54) is 17.1 Å². The average Bonchev–Trinajstić information content (AvgIpc) is 2.99. The number of nitrogens with two attached hydrogens (primary N) is 1. The lowest BCUT2D eigenvalue weighted by Gasteiger charge is -2.14. The van der Waals surface area contributed by atoms with Crippen molar-refractivity contribution in [3.63, 3.8) is 0 Å². The predicted molar refractivity (Wildman–Crippen MR) is 65.3 cm³/mol. The van der Waals surface area contributed by atoms with E-state index >= 15 is 0 Å². The highest BCUT2D eigenvalue weighted by atomic mass is 19.3. The summed E-state index contributed by atoms with van der Waals surface area (Å²) in [5.74, 6) is 1.97. The van der Waals surface area contributed by atoms with Gasteiger partial charge < -0.3 is 10.4 Å². The van der Waals surface area contributed by atoms with Gasteiger partial charge in [0.1, 0.15) is 12.9 Å². The van der Waals surface area contributed by atoms with Crippen LogP contribution in [0.5, 0.6) is 0 Å². The summed E-state index contributed by atoms with van der Waals surface area (Å²) in [5, 5.41) is 10.8. The van der Waals surface area contributed by atoms with Gasteiger partial charge in [-0.2, -0.15) is 15.0 Å². The average molecular weight is 286 g/mol. The van der Waals surface area contributed by atoms with Crippen LogP contribution in [-0.4, -0.2) is 48.7 Å². The predicted octanol–water partition coefficient (Wildman–Crippen LogP) is -0.618. The third kappa shape index (κ3) is 3.33. The van der Waals surface area contributed by atoms with Gasteiger partial charge in [0.2, 0.25) is 17.8 Å². The van der Waals surface area contributed by atoms with E-state index < -0.39 is 19.1 Å². The first kappa shape index (κ1) is 14.0. The number of imidazole rings is 1. The first-order valence-electron chi connectivity index (χ1n) is 5.47. The van der Waals surface area contributed by atoms with E-state index in [4.69, 9.17) is 10.9 Å². The zero-order chi connectivity index (χ0) is 14.6. The number of aliphatic hydroxyl groups is 1. The minimum absolute atomic E-state index is 0.00138.